The summed E-state index contributed by atoms with van der Waals surface area (Å²) in [6.07, 6.45) is 3.48. The van der Waals surface area contributed by atoms with Crippen molar-refractivity contribution in [3.05, 3.63) is 35.7 Å². The number of unbranched alkanes of at least 4 members (excludes halogenated alkanes) is 1. The van der Waals surface area contributed by atoms with Crippen LogP contribution in [0.4, 0.5) is 0 Å². The molecule has 3 rings (SSSR count). The minimum atomic E-state index is 0.289. The number of tetrazole rings is 1. The number of nitrogens with zero attached hydrogens (tertiary/aromatic N) is 6. The van der Waals surface area contributed by atoms with Gasteiger partial charge in [-0.15, -0.1) is 5.10 Å². The van der Waals surface area contributed by atoms with E-state index in [-0.39, 0.29) is 6.04 Å². The van der Waals surface area contributed by atoms with Crippen LogP contribution < -0.4 is 4.74 Å². The molecule has 1 fully saturated rings. The van der Waals surface area contributed by atoms with Gasteiger partial charge in [0.2, 0.25) is 0 Å². The number of rotatable bonds is 9. The molecule has 1 aliphatic rings. The minimum Gasteiger partial charge on any atom is -0.497 e. The van der Waals surface area contributed by atoms with Gasteiger partial charge >= 0.3 is 0 Å². The number of hydrogen-bond acceptors (Lipinski definition) is 6. The van der Waals surface area contributed by atoms with Crippen molar-refractivity contribution in [1.82, 2.24) is 30.0 Å². The lowest BCUT2D eigenvalue weighted by molar-refractivity contribution is 0.0882. The Hall–Kier alpha value is -1.99. The molecule has 1 aromatic carbocycles. The normalized spacial score (nSPS) is 17.1. The van der Waals surface area contributed by atoms with Crippen molar-refractivity contribution in [3.63, 3.8) is 0 Å². The van der Waals surface area contributed by atoms with Crippen LogP contribution in [0.15, 0.2) is 24.3 Å². The van der Waals surface area contributed by atoms with Crippen molar-refractivity contribution in [2.24, 2.45) is 0 Å². The SMILES string of the molecule is CCCC[C@H](c1nnnn1Cc1ccc(OC)cc1)N1CCN(CC)CC1. The smallest absolute Gasteiger partial charge is 0.168 e. The second kappa shape index (κ2) is 9.80. The average molecular weight is 373 g/mol. The Morgan fingerprint density at radius 2 is 1.81 bits per heavy atom. The third-order valence-electron chi connectivity index (χ3n) is 5.48. The van der Waals surface area contributed by atoms with Crippen LogP contribution in [0.2, 0.25) is 0 Å². The monoisotopic (exact) mass is 372 g/mol. The quantitative estimate of drug-likeness (QED) is 0.674. The number of methoxy groups -OCH3 is 1. The Bertz CT molecular complexity index is 678. The Morgan fingerprint density at radius 1 is 1.07 bits per heavy atom. The molecule has 0 aliphatic carbocycles. The molecule has 0 N–H and O–H groups in total. The Balaban J connectivity index is 1.75. The molecule has 1 aromatic heterocycles. The van der Waals surface area contributed by atoms with E-state index < -0.39 is 0 Å². The minimum absolute atomic E-state index is 0.289. The van der Waals surface area contributed by atoms with Crippen molar-refractivity contribution in [1.29, 1.82) is 0 Å². The zero-order chi connectivity index (χ0) is 19.1. The van der Waals surface area contributed by atoms with Crippen LogP contribution in [0, 0.1) is 0 Å². The summed E-state index contributed by atoms with van der Waals surface area (Å²) in [6, 6.07) is 8.41. The Kier molecular flexibility index (Phi) is 7.18. The molecule has 0 saturated carbocycles. The number of likely N-dealkylation sites (N-methyl/N-ethyl adjacent to an activating group) is 1. The first kappa shape index (κ1) is 19.8. The Labute approximate surface area is 162 Å². The van der Waals surface area contributed by atoms with E-state index in [1.807, 2.05) is 16.8 Å². The van der Waals surface area contributed by atoms with Gasteiger partial charge in [-0.1, -0.05) is 38.8 Å². The van der Waals surface area contributed by atoms with Crippen LogP contribution in [0.1, 0.15) is 50.5 Å². The highest BCUT2D eigenvalue weighted by molar-refractivity contribution is 5.27. The molecule has 148 valence electrons. The van der Waals surface area contributed by atoms with E-state index in [4.69, 9.17) is 4.74 Å². The molecular formula is C20H32N6O. The highest BCUT2D eigenvalue weighted by Gasteiger charge is 2.28. The maximum absolute atomic E-state index is 5.25. The molecule has 1 atom stereocenters. The number of hydrogen-bond donors (Lipinski definition) is 0. The lowest BCUT2D eigenvalue weighted by Gasteiger charge is -2.38. The van der Waals surface area contributed by atoms with E-state index in [9.17, 15) is 0 Å². The zero-order valence-corrected chi connectivity index (χ0v) is 16.8. The third kappa shape index (κ3) is 5.05. The summed E-state index contributed by atoms with van der Waals surface area (Å²) in [5.41, 5.74) is 1.18. The van der Waals surface area contributed by atoms with Gasteiger partial charge < -0.3 is 9.64 Å². The molecule has 0 bridgehead atoms. The van der Waals surface area contributed by atoms with Gasteiger partial charge in [0.1, 0.15) is 5.75 Å². The predicted molar refractivity (Wildman–Crippen MR) is 106 cm³/mol. The highest BCUT2D eigenvalue weighted by Crippen LogP contribution is 2.26. The molecular weight excluding hydrogens is 340 g/mol. The first-order chi connectivity index (χ1) is 13.2. The number of aromatic nitrogens is 4. The zero-order valence-electron chi connectivity index (χ0n) is 16.8. The molecule has 2 heterocycles. The molecule has 7 nitrogen and oxygen atoms in total. The van der Waals surface area contributed by atoms with Crippen LogP contribution in [-0.4, -0.2) is 69.8 Å². The van der Waals surface area contributed by atoms with Crippen molar-refractivity contribution < 1.29 is 4.74 Å². The van der Waals surface area contributed by atoms with Gasteiger partial charge in [-0.25, -0.2) is 4.68 Å². The van der Waals surface area contributed by atoms with Crippen LogP contribution >= 0.6 is 0 Å². The van der Waals surface area contributed by atoms with E-state index in [0.29, 0.717) is 6.54 Å². The average Bonchev–Trinajstić information content (AvgIpc) is 3.17. The summed E-state index contributed by atoms with van der Waals surface area (Å²) < 4.78 is 7.22. The van der Waals surface area contributed by atoms with Gasteiger partial charge in [-0.3, -0.25) is 4.90 Å². The highest BCUT2D eigenvalue weighted by atomic mass is 16.5. The molecule has 0 radical (unpaired) electrons. The molecule has 0 amide bonds. The molecule has 1 saturated heterocycles. The molecule has 7 heteroatoms. The van der Waals surface area contributed by atoms with E-state index in [2.05, 4.69) is 51.3 Å². The van der Waals surface area contributed by atoms with Crippen molar-refractivity contribution in [3.8, 4) is 5.75 Å². The predicted octanol–water partition coefficient (Wildman–Crippen LogP) is 2.60. The summed E-state index contributed by atoms with van der Waals surface area (Å²) >= 11 is 0. The van der Waals surface area contributed by atoms with Gasteiger partial charge in [0.05, 0.1) is 19.7 Å². The second-order valence-electron chi connectivity index (χ2n) is 7.17. The molecule has 0 spiro atoms. The number of piperazine rings is 1. The molecule has 0 unspecified atom stereocenters. The van der Waals surface area contributed by atoms with E-state index >= 15 is 0 Å². The van der Waals surface area contributed by atoms with E-state index in [0.717, 1.165) is 50.7 Å². The standard InChI is InChI=1S/C20H32N6O/c1-4-6-7-19(25-14-12-24(5-2)13-15-25)20-21-22-23-26(20)16-17-8-10-18(27-3)11-9-17/h8-11,19H,4-7,12-16H2,1-3H3/t19-/m1/s1. The maximum atomic E-state index is 5.25. The molecule has 27 heavy (non-hydrogen) atoms. The summed E-state index contributed by atoms with van der Waals surface area (Å²) in [5.74, 6) is 1.86. The fourth-order valence-corrected chi connectivity index (χ4v) is 3.73. The van der Waals surface area contributed by atoms with Crippen molar-refractivity contribution in [2.75, 3.05) is 39.8 Å². The second-order valence-corrected chi connectivity index (χ2v) is 7.17. The maximum Gasteiger partial charge on any atom is 0.168 e. The molecule has 1 aliphatic heterocycles. The lowest BCUT2D eigenvalue weighted by Crippen LogP contribution is -2.47. The summed E-state index contributed by atoms with van der Waals surface area (Å²) in [6.45, 7) is 10.7. The largest absolute Gasteiger partial charge is 0.497 e. The van der Waals surface area contributed by atoms with Gasteiger partial charge in [0.25, 0.3) is 0 Å². The fourth-order valence-electron chi connectivity index (χ4n) is 3.73. The van der Waals surface area contributed by atoms with E-state index in [1.54, 1.807) is 7.11 Å². The molecule has 2 aromatic rings. The third-order valence-corrected chi connectivity index (χ3v) is 5.48. The fraction of sp³-hybridized carbons (Fsp3) is 0.650. The van der Waals surface area contributed by atoms with Gasteiger partial charge in [0, 0.05) is 26.2 Å². The lowest BCUT2D eigenvalue weighted by atomic mass is 10.1. The Morgan fingerprint density at radius 3 is 2.44 bits per heavy atom. The number of ether oxygens (including phenoxy) is 1. The van der Waals surface area contributed by atoms with E-state index in [1.165, 1.54) is 18.4 Å². The topological polar surface area (TPSA) is 59.3 Å². The first-order valence-electron chi connectivity index (χ1n) is 10.1. The summed E-state index contributed by atoms with van der Waals surface area (Å²) in [5, 5.41) is 12.7. The number of benzene rings is 1. The van der Waals surface area contributed by atoms with Crippen LogP contribution in [0.25, 0.3) is 0 Å². The van der Waals surface area contributed by atoms with Crippen molar-refractivity contribution in [2.45, 2.75) is 45.7 Å². The van der Waals surface area contributed by atoms with Gasteiger partial charge in [0.15, 0.2) is 5.82 Å². The van der Waals surface area contributed by atoms with Crippen molar-refractivity contribution >= 4 is 0 Å². The van der Waals surface area contributed by atoms with Crippen LogP contribution in [-0.2, 0) is 6.54 Å². The summed E-state index contributed by atoms with van der Waals surface area (Å²) in [4.78, 5) is 5.08. The first-order valence-corrected chi connectivity index (χ1v) is 10.1. The van der Waals surface area contributed by atoms with Gasteiger partial charge in [-0.05, 0) is 41.1 Å². The summed E-state index contributed by atoms with van der Waals surface area (Å²) in [7, 11) is 1.69. The van der Waals surface area contributed by atoms with Gasteiger partial charge in [-0.2, -0.15) is 0 Å². The van der Waals surface area contributed by atoms with Crippen LogP contribution in [0.3, 0.4) is 0 Å². The van der Waals surface area contributed by atoms with Crippen LogP contribution in [0.5, 0.6) is 5.75 Å².